The number of carbonyl (C=O) groups excluding carboxylic acids is 1. The van der Waals surface area contributed by atoms with Crippen molar-refractivity contribution in [2.45, 2.75) is 20.1 Å². The maximum atomic E-state index is 12.7. The normalized spacial score (nSPS) is 10.7. The van der Waals surface area contributed by atoms with Gasteiger partial charge in [-0.1, -0.05) is 60.7 Å². The summed E-state index contributed by atoms with van der Waals surface area (Å²) >= 11 is 2.21. The number of amides is 1. The van der Waals surface area contributed by atoms with Crippen molar-refractivity contribution in [2.24, 2.45) is 5.10 Å². The second-order valence-corrected chi connectivity index (χ2v) is 9.54. The Labute approximate surface area is 241 Å². The number of nitrogens with one attached hydrogen (secondary N) is 1. The molecule has 39 heavy (non-hydrogen) atoms. The number of ether oxygens (including phenoxy) is 4. The highest BCUT2D eigenvalue weighted by Gasteiger charge is 2.13. The van der Waals surface area contributed by atoms with Crippen molar-refractivity contribution in [3.05, 3.63) is 117 Å². The zero-order valence-electron chi connectivity index (χ0n) is 21.7. The van der Waals surface area contributed by atoms with Crippen LogP contribution in [0.25, 0.3) is 0 Å². The summed E-state index contributed by atoms with van der Waals surface area (Å²) in [6.07, 6.45) is 1.57. The highest BCUT2D eigenvalue weighted by atomic mass is 127. The van der Waals surface area contributed by atoms with E-state index >= 15 is 0 Å². The maximum Gasteiger partial charge on any atom is 0.271 e. The number of hydrazone groups is 1. The van der Waals surface area contributed by atoms with Crippen molar-refractivity contribution in [2.75, 3.05) is 13.7 Å². The quantitative estimate of drug-likeness (QED) is 0.108. The van der Waals surface area contributed by atoms with Gasteiger partial charge in [-0.3, -0.25) is 4.79 Å². The molecule has 8 heteroatoms. The Hall–Kier alpha value is -4.05. The molecule has 0 aliphatic rings. The van der Waals surface area contributed by atoms with E-state index in [1.54, 1.807) is 24.4 Å². The molecule has 0 bridgehead atoms. The number of nitrogens with zero attached hydrogens (tertiary/aromatic N) is 1. The Kier molecular flexibility index (Phi) is 10.2. The Bertz CT molecular complexity index is 1410. The van der Waals surface area contributed by atoms with E-state index in [9.17, 15) is 4.79 Å². The number of methoxy groups -OCH3 is 1. The number of halogens is 1. The average molecular weight is 636 g/mol. The molecule has 1 N–H and O–H groups in total. The number of hydrogen-bond acceptors (Lipinski definition) is 6. The Morgan fingerprint density at radius 2 is 1.49 bits per heavy atom. The Morgan fingerprint density at radius 3 is 2.13 bits per heavy atom. The molecule has 0 aliphatic heterocycles. The monoisotopic (exact) mass is 636 g/mol. The minimum atomic E-state index is -0.373. The van der Waals surface area contributed by atoms with E-state index in [0.717, 1.165) is 20.3 Å². The number of rotatable bonds is 12. The minimum absolute atomic E-state index is 0.373. The SMILES string of the molecule is CCOc1cc(/C=N/NC(=O)c2ccc(OCc3ccccc3)c(OC)c2)cc(I)c1OCc1ccccc1. The van der Waals surface area contributed by atoms with Crippen LogP contribution in [0.4, 0.5) is 0 Å². The lowest BCUT2D eigenvalue weighted by atomic mass is 10.2. The summed E-state index contributed by atoms with van der Waals surface area (Å²) in [5.74, 6) is 1.92. The summed E-state index contributed by atoms with van der Waals surface area (Å²) < 4.78 is 24.1. The van der Waals surface area contributed by atoms with E-state index in [4.69, 9.17) is 18.9 Å². The Morgan fingerprint density at radius 1 is 0.821 bits per heavy atom. The molecule has 7 nitrogen and oxygen atoms in total. The minimum Gasteiger partial charge on any atom is -0.493 e. The summed E-state index contributed by atoms with van der Waals surface area (Å²) in [5.41, 5.74) is 5.83. The van der Waals surface area contributed by atoms with E-state index in [2.05, 4.69) is 33.1 Å². The van der Waals surface area contributed by atoms with Crippen LogP contribution >= 0.6 is 22.6 Å². The summed E-state index contributed by atoms with van der Waals surface area (Å²) in [6, 6.07) is 28.5. The zero-order valence-corrected chi connectivity index (χ0v) is 23.9. The molecule has 0 radical (unpaired) electrons. The van der Waals surface area contributed by atoms with Crippen molar-refractivity contribution in [1.29, 1.82) is 0 Å². The van der Waals surface area contributed by atoms with E-state index < -0.39 is 0 Å². The summed E-state index contributed by atoms with van der Waals surface area (Å²) in [7, 11) is 1.54. The van der Waals surface area contributed by atoms with Crippen LogP contribution in [0.1, 0.15) is 34.0 Å². The zero-order chi connectivity index (χ0) is 27.5. The van der Waals surface area contributed by atoms with Gasteiger partial charge in [0.2, 0.25) is 0 Å². The highest BCUT2D eigenvalue weighted by molar-refractivity contribution is 14.1. The standard InChI is InChI=1S/C31H29IN2O5/c1-3-37-29-17-24(16-26(32)30(29)39-21-23-12-8-5-9-13-23)19-33-34-31(35)25-14-15-27(28(18-25)36-2)38-20-22-10-6-4-7-11-22/h4-19H,3,20-21H2,1-2H3,(H,34,35)/b33-19+. The van der Waals surface area contributed by atoms with Crippen LogP contribution in [0, 0.1) is 3.57 Å². The van der Waals surface area contributed by atoms with Gasteiger partial charge in [0.25, 0.3) is 5.91 Å². The van der Waals surface area contributed by atoms with Gasteiger partial charge >= 0.3 is 0 Å². The molecule has 0 heterocycles. The lowest BCUT2D eigenvalue weighted by molar-refractivity contribution is 0.0954. The van der Waals surface area contributed by atoms with Gasteiger partial charge in [0.05, 0.1) is 23.5 Å². The molecule has 4 aromatic rings. The van der Waals surface area contributed by atoms with Gasteiger partial charge in [-0.05, 0) is 76.5 Å². The first-order valence-corrected chi connectivity index (χ1v) is 13.5. The van der Waals surface area contributed by atoms with Gasteiger partial charge in [0.1, 0.15) is 13.2 Å². The third-order valence-electron chi connectivity index (χ3n) is 5.60. The van der Waals surface area contributed by atoms with Crippen LogP contribution in [-0.2, 0) is 13.2 Å². The third kappa shape index (κ3) is 7.97. The van der Waals surface area contributed by atoms with Crippen LogP contribution in [0.3, 0.4) is 0 Å². The number of carbonyl (C=O) groups is 1. The molecule has 0 aromatic heterocycles. The molecule has 0 spiro atoms. The molecule has 4 aromatic carbocycles. The summed E-state index contributed by atoms with van der Waals surface area (Å²) in [4.78, 5) is 12.7. The fraction of sp³-hybridized carbons (Fsp3) is 0.161. The van der Waals surface area contributed by atoms with Crippen molar-refractivity contribution in [3.8, 4) is 23.0 Å². The van der Waals surface area contributed by atoms with Crippen LogP contribution in [0.2, 0.25) is 0 Å². The predicted octanol–water partition coefficient (Wildman–Crippen LogP) is 6.62. The van der Waals surface area contributed by atoms with Gasteiger partial charge in [-0.25, -0.2) is 5.43 Å². The second kappa shape index (κ2) is 14.2. The number of benzene rings is 4. The predicted molar refractivity (Wildman–Crippen MR) is 160 cm³/mol. The molecule has 0 fully saturated rings. The number of hydrogen-bond donors (Lipinski definition) is 1. The van der Waals surface area contributed by atoms with Crippen LogP contribution in [0.5, 0.6) is 23.0 Å². The topological polar surface area (TPSA) is 78.4 Å². The molecular weight excluding hydrogens is 607 g/mol. The maximum absolute atomic E-state index is 12.7. The van der Waals surface area contributed by atoms with Crippen molar-refractivity contribution in [1.82, 2.24) is 5.43 Å². The lowest BCUT2D eigenvalue weighted by Crippen LogP contribution is -2.17. The summed E-state index contributed by atoms with van der Waals surface area (Å²) in [5, 5.41) is 4.14. The fourth-order valence-electron chi connectivity index (χ4n) is 3.69. The molecular formula is C31H29IN2O5. The molecule has 4 rings (SSSR count). The molecule has 0 unspecified atom stereocenters. The summed E-state index contributed by atoms with van der Waals surface area (Å²) in [6.45, 7) is 3.23. The first kappa shape index (κ1) is 28.0. The van der Waals surface area contributed by atoms with Gasteiger partial charge < -0.3 is 18.9 Å². The average Bonchev–Trinajstić information content (AvgIpc) is 2.96. The lowest BCUT2D eigenvalue weighted by Gasteiger charge is -2.14. The van der Waals surface area contributed by atoms with Gasteiger partial charge in [0.15, 0.2) is 23.0 Å². The first-order valence-electron chi connectivity index (χ1n) is 12.4. The van der Waals surface area contributed by atoms with Gasteiger partial charge in [-0.15, -0.1) is 0 Å². The van der Waals surface area contributed by atoms with Crippen molar-refractivity contribution >= 4 is 34.7 Å². The smallest absolute Gasteiger partial charge is 0.271 e. The third-order valence-corrected chi connectivity index (χ3v) is 6.40. The van der Waals surface area contributed by atoms with E-state index in [0.29, 0.717) is 48.4 Å². The second-order valence-electron chi connectivity index (χ2n) is 8.38. The molecule has 0 aliphatic carbocycles. The largest absolute Gasteiger partial charge is 0.493 e. The molecule has 0 atom stereocenters. The van der Waals surface area contributed by atoms with Crippen LogP contribution in [0.15, 0.2) is 96.1 Å². The van der Waals surface area contributed by atoms with E-state index in [1.165, 1.54) is 7.11 Å². The van der Waals surface area contributed by atoms with E-state index in [1.807, 2.05) is 79.7 Å². The van der Waals surface area contributed by atoms with Crippen molar-refractivity contribution < 1.29 is 23.7 Å². The van der Waals surface area contributed by atoms with E-state index in [-0.39, 0.29) is 5.91 Å². The first-order chi connectivity index (χ1) is 19.1. The molecule has 0 saturated heterocycles. The van der Waals surface area contributed by atoms with Crippen molar-refractivity contribution in [3.63, 3.8) is 0 Å². The fourth-order valence-corrected chi connectivity index (χ4v) is 4.47. The highest BCUT2D eigenvalue weighted by Crippen LogP contribution is 2.34. The van der Waals surface area contributed by atoms with Gasteiger partial charge in [0, 0.05) is 5.56 Å². The Balaban J connectivity index is 1.40. The van der Waals surface area contributed by atoms with Crippen LogP contribution < -0.4 is 24.4 Å². The molecule has 200 valence electrons. The van der Waals surface area contributed by atoms with Gasteiger partial charge in [-0.2, -0.15) is 5.10 Å². The van der Waals surface area contributed by atoms with Crippen LogP contribution in [-0.4, -0.2) is 25.8 Å². The molecule has 0 saturated carbocycles. The molecule has 1 amide bonds.